The van der Waals surface area contributed by atoms with E-state index in [2.05, 4.69) is 21.0 Å². The van der Waals surface area contributed by atoms with E-state index in [9.17, 15) is 9.50 Å². The molecule has 146 valence electrons. The molecule has 0 aliphatic carbocycles. The first-order valence-corrected chi connectivity index (χ1v) is 9.93. The van der Waals surface area contributed by atoms with Crippen LogP contribution in [-0.2, 0) is 13.1 Å². The maximum Gasteiger partial charge on any atom is 0.170 e. The molecule has 1 fully saturated rings. The van der Waals surface area contributed by atoms with Gasteiger partial charge in [0, 0.05) is 31.1 Å². The predicted molar refractivity (Wildman–Crippen MR) is 104 cm³/mol. The summed E-state index contributed by atoms with van der Waals surface area (Å²) < 4.78 is 18.6. The van der Waals surface area contributed by atoms with Crippen molar-refractivity contribution in [2.45, 2.75) is 32.2 Å². The number of aliphatic hydroxyl groups is 1. The van der Waals surface area contributed by atoms with Crippen molar-refractivity contribution in [3.63, 3.8) is 0 Å². The van der Waals surface area contributed by atoms with Gasteiger partial charge in [-0.25, -0.2) is 4.39 Å². The normalized spacial score (nSPS) is 21.4. The Morgan fingerprint density at radius 1 is 1.14 bits per heavy atom. The maximum atomic E-state index is 13.3. The van der Waals surface area contributed by atoms with Crippen LogP contribution >= 0.6 is 0 Å². The Kier molecular flexibility index (Phi) is 4.62. The lowest BCUT2D eigenvalue weighted by molar-refractivity contribution is -0.00413. The van der Waals surface area contributed by atoms with Gasteiger partial charge in [-0.3, -0.25) is 9.80 Å². The van der Waals surface area contributed by atoms with Gasteiger partial charge in [-0.15, -0.1) is 0 Å². The minimum atomic E-state index is -0.476. The Morgan fingerprint density at radius 3 is 2.79 bits per heavy atom. The van der Waals surface area contributed by atoms with E-state index in [1.807, 2.05) is 18.2 Å². The minimum absolute atomic E-state index is 0.303. The Morgan fingerprint density at radius 2 is 1.96 bits per heavy atom. The highest BCUT2D eigenvalue weighted by molar-refractivity contribution is 5.79. The summed E-state index contributed by atoms with van der Waals surface area (Å²) in [5.74, 6) is 0.283. The first kappa shape index (κ1) is 17.8. The largest absolute Gasteiger partial charge is 0.374 e. The average molecular weight is 381 g/mol. The molecule has 0 spiro atoms. The molecule has 1 saturated heterocycles. The number of hydrogen-bond acceptors (Lipinski definition) is 5. The molecule has 3 aromatic rings. The zero-order valence-electron chi connectivity index (χ0n) is 15.7. The lowest BCUT2D eigenvalue weighted by atomic mass is 9.96. The average Bonchev–Trinajstić information content (AvgIpc) is 3.24. The molecule has 2 aliphatic heterocycles. The van der Waals surface area contributed by atoms with Crippen molar-refractivity contribution in [2.24, 2.45) is 5.92 Å². The molecule has 28 heavy (non-hydrogen) atoms. The number of likely N-dealkylation sites (tertiary alicyclic amines) is 1. The van der Waals surface area contributed by atoms with Gasteiger partial charge in [0.05, 0.1) is 0 Å². The fourth-order valence-corrected chi connectivity index (χ4v) is 4.54. The summed E-state index contributed by atoms with van der Waals surface area (Å²) in [6.07, 6.45) is 1.73. The number of aliphatic hydroxyl groups excluding tert-OH is 1. The van der Waals surface area contributed by atoms with Gasteiger partial charge in [-0.05, 0) is 55.1 Å². The first-order valence-electron chi connectivity index (χ1n) is 9.93. The van der Waals surface area contributed by atoms with Crippen molar-refractivity contribution in [2.75, 3.05) is 19.6 Å². The summed E-state index contributed by atoms with van der Waals surface area (Å²) >= 11 is 0. The van der Waals surface area contributed by atoms with Crippen LogP contribution < -0.4 is 0 Å². The Labute approximate surface area is 163 Å². The second-order valence-electron chi connectivity index (χ2n) is 7.99. The number of aromatic nitrogens is 1. The lowest BCUT2D eigenvalue weighted by Gasteiger charge is -2.34. The van der Waals surface area contributed by atoms with Crippen LogP contribution in [0.3, 0.4) is 0 Å². The van der Waals surface area contributed by atoms with Gasteiger partial charge in [0.25, 0.3) is 0 Å². The van der Waals surface area contributed by atoms with Gasteiger partial charge >= 0.3 is 0 Å². The molecule has 0 bridgehead atoms. The highest BCUT2D eigenvalue weighted by atomic mass is 19.1. The maximum absolute atomic E-state index is 13.3. The number of benzene rings is 2. The van der Waals surface area contributed by atoms with E-state index in [0.717, 1.165) is 62.2 Å². The quantitative estimate of drug-likeness (QED) is 0.747. The van der Waals surface area contributed by atoms with Crippen molar-refractivity contribution in [1.82, 2.24) is 15.0 Å². The molecule has 3 heterocycles. The molecular weight excluding hydrogens is 357 g/mol. The Hall–Kier alpha value is -2.28. The minimum Gasteiger partial charge on any atom is -0.374 e. The van der Waals surface area contributed by atoms with Crippen LogP contribution in [0.15, 0.2) is 47.0 Å². The topological polar surface area (TPSA) is 52.7 Å². The predicted octanol–water partition coefficient (Wildman–Crippen LogP) is 3.69. The fourth-order valence-electron chi connectivity index (χ4n) is 4.54. The molecule has 0 saturated carbocycles. The standard InChI is InChI=1S/C22H24FN3O2/c23-17-5-6-19-20(24-28-21(19)11-17)14-25-9-7-15(8-10-25)12-26-13-16-3-1-2-4-18(16)22(26)27/h1-6,11,15,22,27H,7-10,12-14H2. The summed E-state index contributed by atoms with van der Waals surface area (Å²) in [5.41, 5.74) is 3.67. The molecule has 1 N–H and O–H groups in total. The van der Waals surface area contributed by atoms with E-state index in [1.54, 1.807) is 6.07 Å². The molecule has 2 aliphatic rings. The van der Waals surface area contributed by atoms with E-state index in [4.69, 9.17) is 4.52 Å². The highest BCUT2D eigenvalue weighted by Gasteiger charge is 2.31. The Balaban J connectivity index is 1.17. The second-order valence-corrected chi connectivity index (χ2v) is 7.99. The van der Waals surface area contributed by atoms with Crippen molar-refractivity contribution >= 4 is 11.0 Å². The summed E-state index contributed by atoms with van der Waals surface area (Å²) in [5, 5.41) is 15.6. The molecule has 0 radical (unpaired) electrons. The van der Waals surface area contributed by atoms with Crippen molar-refractivity contribution in [3.8, 4) is 0 Å². The first-order chi connectivity index (χ1) is 13.7. The number of fused-ring (bicyclic) bond motifs is 2. The fraction of sp³-hybridized carbons (Fsp3) is 0.409. The molecule has 2 aromatic carbocycles. The van der Waals surface area contributed by atoms with Gasteiger partial charge in [0.1, 0.15) is 17.7 Å². The van der Waals surface area contributed by atoms with Crippen molar-refractivity contribution in [3.05, 3.63) is 65.1 Å². The van der Waals surface area contributed by atoms with Gasteiger partial charge in [0.15, 0.2) is 5.58 Å². The van der Waals surface area contributed by atoms with Gasteiger partial charge in [0.2, 0.25) is 0 Å². The Bertz CT molecular complexity index is 981. The van der Waals surface area contributed by atoms with Crippen molar-refractivity contribution < 1.29 is 14.0 Å². The molecular formula is C22H24FN3O2. The summed E-state index contributed by atoms with van der Waals surface area (Å²) in [6.45, 7) is 4.48. The lowest BCUT2D eigenvalue weighted by Crippen LogP contribution is -2.38. The van der Waals surface area contributed by atoms with Crippen LogP contribution in [0.2, 0.25) is 0 Å². The van der Waals surface area contributed by atoms with Crippen LogP contribution in [0.25, 0.3) is 11.0 Å². The van der Waals surface area contributed by atoms with E-state index >= 15 is 0 Å². The van der Waals surface area contributed by atoms with Crippen molar-refractivity contribution in [1.29, 1.82) is 0 Å². The zero-order chi connectivity index (χ0) is 19.1. The highest BCUT2D eigenvalue weighted by Crippen LogP contribution is 2.33. The molecule has 5 nitrogen and oxygen atoms in total. The van der Waals surface area contributed by atoms with E-state index < -0.39 is 6.23 Å². The SMILES string of the molecule is OC1c2ccccc2CN1CC1CCN(Cc2noc3cc(F)ccc23)CC1. The summed E-state index contributed by atoms with van der Waals surface area (Å²) in [7, 11) is 0. The molecule has 1 unspecified atom stereocenters. The van der Waals surface area contributed by atoms with Crippen LogP contribution in [-0.4, -0.2) is 39.7 Å². The van der Waals surface area contributed by atoms with Crippen LogP contribution in [0.5, 0.6) is 0 Å². The second kappa shape index (κ2) is 7.28. The van der Waals surface area contributed by atoms with Gasteiger partial charge in [-0.2, -0.15) is 0 Å². The molecule has 1 aromatic heterocycles. The monoisotopic (exact) mass is 381 g/mol. The van der Waals surface area contributed by atoms with E-state index in [1.165, 1.54) is 17.7 Å². The molecule has 0 amide bonds. The molecule has 5 rings (SSSR count). The number of nitrogens with zero attached hydrogens (tertiary/aromatic N) is 3. The van der Waals surface area contributed by atoms with E-state index in [0.29, 0.717) is 11.5 Å². The third-order valence-electron chi connectivity index (χ3n) is 6.13. The zero-order valence-corrected chi connectivity index (χ0v) is 15.7. The summed E-state index contributed by atoms with van der Waals surface area (Å²) in [4.78, 5) is 4.57. The van der Waals surface area contributed by atoms with Gasteiger partial charge < -0.3 is 9.63 Å². The third-order valence-corrected chi connectivity index (χ3v) is 6.13. The molecule has 6 heteroatoms. The smallest absolute Gasteiger partial charge is 0.170 e. The third kappa shape index (κ3) is 3.32. The number of halogens is 1. The number of rotatable bonds is 4. The van der Waals surface area contributed by atoms with Crippen LogP contribution in [0.4, 0.5) is 4.39 Å². The van der Waals surface area contributed by atoms with Crippen LogP contribution in [0.1, 0.15) is 35.9 Å². The van der Waals surface area contributed by atoms with Crippen LogP contribution in [0, 0.1) is 11.7 Å². The van der Waals surface area contributed by atoms with E-state index in [-0.39, 0.29) is 5.82 Å². The summed E-state index contributed by atoms with van der Waals surface area (Å²) in [6, 6.07) is 12.7. The molecule has 1 atom stereocenters. The van der Waals surface area contributed by atoms with Gasteiger partial charge in [-0.1, -0.05) is 29.4 Å². The number of piperidine rings is 1. The number of hydrogen-bond donors (Lipinski definition) is 1.